The quantitative estimate of drug-likeness (QED) is 0.712. The minimum atomic E-state index is 0.502. The number of aryl methyl sites for hydroxylation is 1. The molecule has 1 aliphatic heterocycles. The van der Waals surface area contributed by atoms with Gasteiger partial charge in [-0.1, -0.05) is 23.2 Å². The number of hydrogen-bond donors (Lipinski definition) is 0. The average Bonchev–Trinajstić information content (AvgIpc) is 3.45. The van der Waals surface area contributed by atoms with Gasteiger partial charge in [0.1, 0.15) is 11.5 Å². The molecule has 0 atom stereocenters. The van der Waals surface area contributed by atoms with Crippen molar-refractivity contribution in [3.63, 3.8) is 0 Å². The molecule has 2 aliphatic rings. The Morgan fingerprint density at radius 3 is 2.32 bits per heavy atom. The first-order chi connectivity index (χ1) is 12.1. The van der Waals surface area contributed by atoms with Gasteiger partial charge >= 0.3 is 0 Å². The number of halogens is 2. The molecule has 0 radical (unpaired) electrons. The van der Waals surface area contributed by atoms with E-state index in [1.54, 1.807) is 12.1 Å². The second kappa shape index (κ2) is 7.06. The van der Waals surface area contributed by atoms with Gasteiger partial charge in [0.15, 0.2) is 0 Å². The molecule has 1 heterocycles. The van der Waals surface area contributed by atoms with Gasteiger partial charge in [-0.15, -0.1) is 0 Å². The van der Waals surface area contributed by atoms with Gasteiger partial charge in [-0.05, 0) is 55.7 Å². The van der Waals surface area contributed by atoms with E-state index in [1.165, 1.54) is 31.6 Å². The second-order valence-corrected chi connectivity index (χ2v) is 7.70. The summed E-state index contributed by atoms with van der Waals surface area (Å²) in [5.74, 6) is 1.54. The summed E-state index contributed by atoms with van der Waals surface area (Å²) in [4.78, 5) is 5.10. The molecular weight excluding hydrogens is 355 g/mol. The highest BCUT2D eigenvalue weighted by Crippen LogP contribution is 2.33. The van der Waals surface area contributed by atoms with Gasteiger partial charge in [-0.25, -0.2) is 0 Å². The summed E-state index contributed by atoms with van der Waals surface area (Å²) in [6, 6.07) is 12.6. The molecule has 0 unspecified atom stereocenters. The minimum Gasteiger partial charge on any atom is -0.457 e. The summed E-state index contributed by atoms with van der Waals surface area (Å²) < 4.78 is 5.97. The van der Waals surface area contributed by atoms with Crippen LogP contribution in [0.2, 0.25) is 10.0 Å². The molecule has 2 fully saturated rings. The highest BCUT2D eigenvalue weighted by atomic mass is 35.5. The fraction of sp³-hybridized carbons (Fsp3) is 0.400. The lowest BCUT2D eigenvalue weighted by molar-refractivity contribution is 0.248. The normalized spacial score (nSPS) is 18.4. The number of hydrogen-bond acceptors (Lipinski definition) is 3. The van der Waals surface area contributed by atoms with E-state index in [4.69, 9.17) is 27.9 Å². The predicted octanol–water partition coefficient (Wildman–Crippen LogP) is 5.38. The van der Waals surface area contributed by atoms with E-state index in [1.807, 2.05) is 12.1 Å². The molecule has 3 nitrogen and oxygen atoms in total. The highest BCUT2D eigenvalue weighted by Gasteiger charge is 2.31. The summed E-state index contributed by atoms with van der Waals surface area (Å²) in [7, 11) is 0. The van der Waals surface area contributed by atoms with Gasteiger partial charge in [-0.2, -0.15) is 0 Å². The SMILES string of the molecule is Cc1cc(N2CCN(C3CC3)CC2)ccc1Oc1ccc(Cl)c(Cl)c1. The molecule has 0 N–H and O–H groups in total. The molecule has 132 valence electrons. The zero-order chi connectivity index (χ0) is 17.4. The fourth-order valence-corrected chi connectivity index (χ4v) is 3.69. The Balaban J connectivity index is 1.44. The van der Waals surface area contributed by atoms with E-state index in [-0.39, 0.29) is 0 Å². The molecule has 0 amide bonds. The first-order valence-corrected chi connectivity index (χ1v) is 9.58. The molecule has 5 heteroatoms. The number of ether oxygens (including phenoxy) is 1. The van der Waals surface area contributed by atoms with E-state index in [9.17, 15) is 0 Å². The summed E-state index contributed by atoms with van der Waals surface area (Å²) in [6.45, 7) is 6.62. The van der Waals surface area contributed by atoms with Crippen LogP contribution in [0.5, 0.6) is 11.5 Å². The Morgan fingerprint density at radius 1 is 0.920 bits per heavy atom. The number of anilines is 1. The molecule has 1 aliphatic carbocycles. The van der Waals surface area contributed by atoms with Crippen LogP contribution in [0.25, 0.3) is 0 Å². The number of piperazine rings is 1. The van der Waals surface area contributed by atoms with Crippen molar-refractivity contribution in [2.75, 3.05) is 31.1 Å². The molecule has 2 aromatic rings. The molecule has 0 bridgehead atoms. The topological polar surface area (TPSA) is 15.7 Å². The van der Waals surface area contributed by atoms with Crippen LogP contribution in [0.15, 0.2) is 36.4 Å². The molecule has 2 aromatic carbocycles. The van der Waals surface area contributed by atoms with Gasteiger partial charge in [0.25, 0.3) is 0 Å². The van der Waals surface area contributed by atoms with Crippen LogP contribution in [0.1, 0.15) is 18.4 Å². The molecule has 0 spiro atoms. The van der Waals surface area contributed by atoms with Gasteiger partial charge in [0.05, 0.1) is 10.0 Å². The standard InChI is InChI=1S/C20H22Cl2N2O/c1-14-12-16(24-10-8-23(9-11-24)15-2-3-15)4-7-20(14)25-17-5-6-18(21)19(22)13-17/h4-7,12-13,15H,2-3,8-11H2,1H3. The Hall–Kier alpha value is -1.42. The van der Waals surface area contributed by atoms with Crippen LogP contribution >= 0.6 is 23.2 Å². The molecule has 1 saturated heterocycles. The summed E-state index contributed by atoms with van der Waals surface area (Å²) in [6.07, 6.45) is 2.78. The van der Waals surface area contributed by atoms with Crippen molar-refractivity contribution in [3.8, 4) is 11.5 Å². The maximum Gasteiger partial charge on any atom is 0.130 e. The number of rotatable bonds is 4. The molecular formula is C20H22Cl2N2O. The van der Waals surface area contributed by atoms with Crippen molar-refractivity contribution in [2.45, 2.75) is 25.8 Å². The van der Waals surface area contributed by atoms with E-state index >= 15 is 0 Å². The summed E-state index contributed by atoms with van der Waals surface area (Å²) >= 11 is 12.0. The largest absolute Gasteiger partial charge is 0.457 e. The lowest BCUT2D eigenvalue weighted by Gasteiger charge is -2.36. The summed E-state index contributed by atoms with van der Waals surface area (Å²) in [5.41, 5.74) is 2.39. The van der Waals surface area contributed by atoms with E-state index in [0.717, 1.165) is 30.4 Å². The predicted molar refractivity (Wildman–Crippen MR) is 105 cm³/mol. The Kier molecular flexibility index (Phi) is 4.81. The third-order valence-corrected chi connectivity index (χ3v) is 5.76. The van der Waals surface area contributed by atoms with Crippen molar-refractivity contribution in [2.24, 2.45) is 0 Å². The number of benzene rings is 2. The molecule has 1 saturated carbocycles. The third-order valence-electron chi connectivity index (χ3n) is 5.02. The van der Waals surface area contributed by atoms with Crippen molar-refractivity contribution < 1.29 is 4.74 Å². The van der Waals surface area contributed by atoms with Crippen LogP contribution in [0.3, 0.4) is 0 Å². The molecule has 4 rings (SSSR count). The van der Waals surface area contributed by atoms with Crippen molar-refractivity contribution in [3.05, 3.63) is 52.0 Å². The van der Waals surface area contributed by atoms with Crippen LogP contribution in [0, 0.1) is 6.92 Å². The summed E-state index contributed by atoms with van der Waals surface area (Å²) in [5, 5.41) is 1.04. The third kappa shape index (κ3) is 3.89. The van der Waals surface area contributed by atoms with Gasteiger partial charge in [0, 0.05) is 44.0 Å². The lowest BCUT2D eigenvalue weighted by atomic mass is 10.1. The fourth-order valence-electron chi connectivity index (χ4n) is 3.40. The maximum absolute atomic E-state index is 6.06. The van der Waals surface area contributed by atoms with E-state index < -0.39 is 0 Å². The van der Waals surface area contributed by atoms with E-state index in [0.29, 0.717) is 15.8 Å². The van der Waals surface area contributed by atoms with Crippen LogP contribution in [0.4, 0.5) is 5.69 Å². The molecule has 0 aromatic heterocycles. The smallest absolute Gasteiger partial charge is 0.130 e. The Bertz CT molecular complexity index is 768. The highest BCUT2D eigenvalue weighted by molar-refractivity contribution is 6.42. The monoisotopic (exact) mass is 376 g/mol. The van der Waals surface area contributed by atoms with E-state index in [2.05, 4.69) is 28.9 Å². The van der Waals surface area contributed by atoms with Crippen molar-refractivity contribution >= 4 is 28.9 Å². The van der Waals surface area contributed by atoms with Gasteiger partial charge in [-0.3, -0.25) is 4.90 Å². The van der Waals surface area contributed by atoms with Crippen LogP contribution in [-0.2, 0) is 0 Å². The first kappa shape index (κ1) is 17.0. The average molecular weight is 377 g/mol. The molecule has 25 heavy (non-hydrogen) atoms. The Morgan fingerprint density at radius 2 is 1.68 bits per heavy atom. The number of nitrogens with zero attached hydrogens (tertiary/aromatic N) is 2. The van der Waals surface area contributed by atoms with Crippen molar-refractivity contribution in [1.82, 2.24) is 4.90 Å². The zero-order valence-corrected chi connectivity index (χ0v) is 15.9. The van der Waals surface area contributed by atoms with Gasteiger partial charge in [0.2, 0.25) is 0 Å². The second-order valence-electron chi connectivity index (χ2n) is 6.88. The van der Waals surface area contributed by atoms with Crippen molar-refractivity contribution in [1.29, 1.82) is 0 Å². The first-order valence-electron chi connectivity index (χ1n) is 8.83. The zero-order valence-electron chi connectivity index (χ0n) is 14.3. The van der Waals surface area contributed by atoms with Gasteiger partial charge < -0.3 is 9.64 Å². The Labute approximate surface area is 159 Å². The van der Waals surface area contributed by atoms with Crippen LogP contribution < -0.4 is 9.64 Å². The minimum absolute atomic E-state index is 0.502. The van der Waals surface area contributed by atoms with Crippen LogP contribution in [-0.4, -0.2) is 37.1 Å². The maximum atomic E-state index is 6.06. The lowest BCUT2D eigenvalue weighted by Crippen LogP contribution is -2.47.